The molecule has 19 heavy (non-hydrogen) atoms. The lowest BCUT2D eigenvalue weighted by Crippen LogP contribution is -1.92. The molecule has 3 heteroatoms. The Morgan fingerprint density at radius 2 is 1.95 bits per heavy atom. The van der Waals surface area contributed by atoms with Crippen LogP contribution in [0.4, 0.5) is 0 Å². The van der Waals surface area contributed by atoms with Gasteiger partial charge in [0.2, 0.25) is 0 Å². The number of benzene rings is 2. The van der Waals surface area contributed by atoms with E-state index in [1.54, 1.807) is 0 Å². The molecule has 1 aromatic heterocycles. The summed E-state index contributed by atoms with van der Waals surface area (Å²) in [4.78, 5) is 14.8. The lowest BCUT2D eigenvalue weighted by atomic mass is 10.0. The highest BCUT2D eigenvalue weighted by molar-refractivity contribution is 5.94. The number of carbonyl (C=O) groups excluding carboxylic acids is 1. The minimum absolute atomic E-state index is 0.224. The van der Waals surface area contributed by atoms with E-state index in [-0.39, 0.29) is 5.97 Å². The number of aromatic amines is 1. The Kier molecular flexibility index (Phi) is 2.03. The fourth-order valence-corrected chi connectivity index (χ4v) is 2.53. The zero-order chi connectivity index (χ0) is 12.8. The van der Waals surface area contributed by atoms with Crippen molar-refractivity contribution in [3.05, 3.63) is 59.7 Å². The highest BCUT2D eigenvalue weighted by Crippen LogP contribution is 2.28. The third kappa shape index (κ3) is 1.55. The highest BCUT2D eigenvalue weighted by atomic mass is 16.5. The predicted molar refractivity (Wildman–Crippen MR) is 72.9 cm³/mol. The number of ether oxygens (including phenoxy) is 1. The monoisotopic (exact) mass is 249 g/mol. The molecular formula is C16H11NO2. The Labute approximate surface area is 109 Å². The summed E-state index contributed by atoms with van der Waals surface area (Å²) in [5, 5.41) is 1.19. The van der Waals surface area contributed by atoms with Crippen LogP contribution in [0, 0.1) is 0 Å². The Hall–Kier alpha value is -2.55. The number of cyclic esters (lactones) is 1. The zero-order valence-electron chi connectivity index (χ0n) is 10.1. The van der Waals surface area contributed by atoms with Gasteiger partial charge in [0.15, 0.2) is 0 Å². The number of para-hydroxylation sites is 1. The van der Waals surface area contributed by atoms with E-state index >= 15 is 0 Å². The zero-order valence-corrected chi connectivity index (χ0v) is 10.1. The number of carbonyl (C=O) groups is 1. The van der Waals surface area contributed by atoms with Crippen LogP contribution >= 0.6 is 0 Å². The molecule has 0 amide bonds. The summed E-state index contributed by atoms with van der Waals surface area (Å²) in [6.45, 7) is 0.377. The van der Waals surface area contributed by atoms with E-state index in [0.717, 1.165) is 22.3 Å². The van der Waals surface area contributed by atoms with Gasteiger partial charge in [0.05, 0.1) is 5.56 Å². The van der Waals surface area contributed by atoms with E-state index in [1.807, 2.05) is 30.3 Å². The van der Waals surface area contributed by atoms with Gasteiger partial charge in [-0.1, -0.05) is 24.3 Å². The van der Waals surface area contributed by atoms with Crippen LogP contribution in [-0.2, 0) is 11.3 Å². The largest absolute Gasteiger partial charge is 0.457 e. The molecule has 3 nitrogen and oxygen atoms in total. The van der Waals surface area contributed by atoms with Gasteiger partial charge in [0.1, 0.15) is 6.61 Å². The fraction of sp³-hybridized carbons (Fsp3) is 0.0625. The van der Waals surface area contributed by atoms with Crippen molar-refractivity contribution in [1.29, 1.82) is 0 Å². The van der Waals surface area contributed by atoms with E-state index in [4.69, 9.17) is 4.74 Å². The molecule has 2 aromatic carbocycles. The number of nitrogens with one attached hydrogen (secondary N) is 1. The average molecular weight is 249 g/mol. The van der Waals surface area contributed by atoms with Gasteiger partial charge in [0, 0.05) is 22.2 Å². The molecule has 0 atom stereocenters. The minimum Gasteiger partial charge on any atom is -0.457 e. The number of hydrogen-bond acceptors (Lipinski definition) is 2. The maximum Gasteiger partial charge on any atom is 0.338 e. The molecule has 0 aliphatic carbocycles. The summed E-state index contributed by atoms with van der Waals surface area (Å²) < 4.78 is 5.02. The number of hydrogen-bond donors (Lipinski definition) is 1. The molecule has 0 spiro atoms. The van der Waals surface area contributed by atoms with Crippen molar-refractivity contribution in [2.45, 2.75) is 6.61 Å². The van der Waals surface area contributed by atoms with Crippen LogP contribution in [0.15, 0.2) is 48.5 Å². The van der Waals surface area contributed by atoms with Crippen molar-refractivity contribution in [3.63, 3.8) is 0 Å². The normalized spacial score (nSPS) is 13.6. The summed E-state index contributed by atoms with van der Waals surface area (Å²) in [7, 11) is 0. The Morgan fingerprint density at radius 3 is 2.84 bits per heavy atom. The first-order valence-electron chi connectivity index (χ1n) is 6.19. The van der Waals surface area contributed by atoms with Crippen molar-refractivity contribution in [2.75, 3.05) is 0 Å². The van der Waals surface area contributed by atoms with Crippen LogP contribution in [0.3, 0.4) is 0 Å². The molecule has 0 saturated carbocycles. The van der Waals surface area contributed by atoms with Crippen LogP contribution in [0.5, 0.6) is 0 Å². The second-order valence-electron chi connectivity index (χ2n) is 4.72. The number of fused-ring (bicyclic) bond motifs is 2. The van der Waals surface area contributed by atoms with Crippen molar-refractivity contribution < 1.29 is 9.53 Å². The first kappa shape index (κ1) is 10.4. The molecule has 2 heterocycles. The second-order valence-corrected chi connectivity index (χ2v) is 4.72. The van der Waals surface area contributed by atoms with Crippen LogP contribution < -0.4 is 0 Å². The molecule has 0 saturated heterocycles. The van der Waals surface area contributed by atoms with E-state index in [1.165, 1.54) is 5.39 Å². The lowest BCUT2D eigenvalue weighted by Gasteiger charge is -2.00. The Morgan fingerprint density at radius 1 is 1.05 bits per heavy atom. The number of esters is 1. The summed E-state index contributed by atoms with van der Waals surface area (Å²) in [5.74, 6) is -0.224. The minimum atomic E-state index is -0.224. The SMILES string of the molecule is O=C1OCc2cc(-c3cc4ccccc4[nH]3)ccc21. The molecule has 0 unspecified atom stereocenters. The van der Waals surface area contributed by atoms with Gasteiger partial charge in [0.25, 0.3) is 0 Å². The summed E-state index contributed by atoms with van der Waals surface area (Å²) in [6.07, 6.45) is 0. The van der Waals surface area contributed by atoms with Gasteiger partial charge < -0.3 is 9.72 Å². The fourth-order valence-electron chi connectivity index (χ4n) is 2.53. The molecular weight excluding hydrogens is 238 g/mol. The van der Waals surface area contributed by atoms with Crippen molar-refractivity contribution in [3.8, 4) is 11.3 Å². The van der Waals surface area contributed by atoms with Gasteiger partial charge in [-0.05, 0) is 29.8 Å². The van der Waals surface area contributed by atoms with E-state index in [9.17, 15) is 4.79 Å². The molecule has 92 valence electrons. The quantitative estimate of drug-likeness (QED) is 0.670. The van der Waals surface area contributed by atoms with E-state index in [0.29, 0.717) is 12.2 Å². The first-order chi connectivity index (χ1) is 9.31. The standard InChI is InChI=1S/C16H11NO2/c18-16-13-6-5-11(7-12(13)9-19-16)15-8-10-3-1-2-4-14(10)17-15/h1-8,17H,9H2. The van der Waals surface area contributed by atoms with Gasteiger partial charge in [-0.15, -0.1) is 0 Å². The molecule has 1 N–H and O–H groups in total. The van der Waals surface area contributed by atoms with Crippen molar-refractivity contribution in [1.82, 2.24) is 4.98 Å². The number of aromatic nitrogens is 1. The summed E-state index contributed by atoms with van der Waals surface area (Å²) >= 11 is 0. The average Bonchev–Trinajstić information content (AvgIpc) is 3.02. The van der Waals surface area contributed by atoms with E-state index in [2.05, 4.69) is 23.2 Å². The van der Waals surface area contributed by atoms with Crippen molar-refractivity contribution in [2.24, 2.45) is 0 Å². The predicted octanol–water partition coefficient (Wildman–Crippen LogP) is 3.51. The highest BCUT2D eigenvalue weighted by Gasteiger charge is 2.21. The molecule has 0 radical (unpaired) electrons. The maximum atomic E-state index is 11.4. The van der Waals surface area contributed by atoms with Crippen LogP contribution in [0.1, 0.15) is 15.9 Å². The summed E-state index contributed by atoms with van der Waals surface area (Å²) in [6, 6.07) is 16.1. The third-order valence-corrected chi connectivity index (χ3v) is 3.52. The summed E-state index contributed by atoms with van der Waals surface area (Å²) in [5.41, 5.74) is 4.89. The Bertz CT molecular complexity index is 768. The van der Waals surface area contributed by atoms with E-state index < -0.39 is 0 Å². The second kappa shape index (κ2) is 3.72. The Balaban J connectivity index is 1.86. The molecule has 1 aliphatic rings. The van der Waals surface area contributed by atoms with Gasteiger partial charge in [-0.2, -0.15) is 0 Å². The van der Waals surface area contributed by atoms with Gasteiger partial charge >= 0.3 is 5.97 Å². The molecule has 4 rings (SSSR count). The molecule has 0 bridgehead atoms. The first-order valence-corrected chi connectivity index (χ1v) is 6.19. The number of H-pyrrole nitrogens is 1. The van der Waals surface area contributed by atoms with Crippen LogP contribution in [0.25, 0.3) is 22.2 Å². The van der Waals surface area contributed by atoms with Crippen LogP contribution in [0.2, 0.25) is 0 Å². The maximum absolute atomic E-state index is 11.4. The van der Waals surface area contributed by atoms with Gasteiger partial charge in [-0.25, -0.2) is 4.79 Å². The van der Waals surface area contributed by atoms with Gasteiger partial charge in [-0.3, -0.25) is 0 Å². The number of rotatable bonds is 1. The van der Waals surface area contributed by atoms with Crippen LogP contribution in [-0.4, -0.2) is 11.0 Å². The lowest BCUT2D eigenvalue weighted by molar-refractivity contribution is 0.0535. The third-order valence-electron chi connectivity index (χ3n) is 3.52. The van der Waals surface area contributed by atoms with Crippen molar-refractivity contribution >= 4 is 16.9 Å². The topological polar surface area (TPSA) is 42.1 Å². The molecule has 3 aromatic rings. The smallest absolute Gasteiger partial charge is 0.338 e. The molecule has 0 fully saturated rings. The molecule has 1 aliphatic heterocycles.